The second-order valence-electron chi connectivity index (χ2n) is 3.32. The molecule has 1 heterocycles. The molecule has 1 aromatic rings. The molecule has 0 aliphatic carbocycles. The third-order valence-electron chi connectivity index (χ3n) is 2.39. The van der Waals surface area contributed by atoms with Crippen molar-refractivity contribution in [2.45, 2.75) is 6.92 Å². The monoisotopic (exact) mass is 189 g/mol. The minimum atomic E-state index is -0.877. The molecule has 0 unspecified atom stereocenters. The third kappa shape index (κ3) is 1.37. The van der Waals surface area contributed by atoms with E-state index in [1.165, 1.54) is 0 Å². The summed E-state index contributed by atoms with van der Waals surface area (Å²) in [6.45, 7) is 2.76. The number of nitrogens with one attached hydrogen (secondary N) is 1. The molecule has 0 fully saturated rings. The molecule has 1 aromatic carbocycles. The molecule has 2 rings (SSSR count). The Labute approximate surface area is 81.4 Å². The summed E-state index contributed by atoms with van der Waals surface area (Å²) in [6.07, 6.45) is 1.99. The average Bonchev–Trinajstić information content (AvgIpc) is 2.17. The summed E-state index contributed by atoms with van der Waals surface area (Å²) in [7, 11) is 0. The molecule has 0 bridgehead atoms. The van der Waals surface area contributed by atoms with E-state index in [0.717, 1.165) is 22.7 Å². The highest BCUT2D eigenvalue weighted by Gasteiger charge is 2.04. The summed E-state index contributed by atoms with van der Waals surface area (Å²) in [6, 6.07) is 5.18. The topological polar surface area (TPSA) is 49.3 Å². The molecule has 2 N–H and O–H groups in total. The van der Waals surface area contributed by atoms with Crippen LogP contribution in [0.15, 0.2) is 18.2 Å². The van der Waals surface area contributed by atoms with Crippen molar-refractivity contribution in [1.29, 1.82) is 0 Å². The van der Waals surface area contributed by atoms with Gasteiger partial charge >= 0.3 is 5.97 Å². The average molecular weight is 189 g/mol. The molecule has 3 heteroatoms. The van der Waals surface area contributed by atoms with Gasteiger partial charge in [0.25, 0.3) is 0 Å². The first kappa shape index (κ1) is 8.81. The van der Waals surface area contributed by atoms with E-state index in [0.29, 0.717) is 5.56 Å². The SMILES string of the molecule is CC1=c2ccc(C(=O)O)cc2=CCN1. The van der Waals surface area contributed by atoms with E-state index in [9.17, 15) is 4.79 Å². The number of carboxylic acids is 1. The lowest BCUT2D eigenvalue weighted by molar-refractivity contribution is 0.0697. The van der Waals surface area contributed by atoms with Crippen LogP contribution in [0.1, 0.15) is 17.3 Å². The van der Waals surface area contributed by atoms with E-state index in [2.05, 4.69) is 5.32 Å². The van der Waals surface area contributed by atoms with Crippen molar-refractivity contribution in [2.24, 2.45) is 0 Å². The lowest BCUT2D eigenvalue weighted by Crippen LogP contribution is -2.36. The Balaban J connectivity index is 2.73. The van der Waals surface area contributed by atoms with E-state index in [-0.39, 0.29) is 0 Å². The smallest absolute Gasteiger partial charge is 0.335 e. The van der Waals surface area contributed by atoms with Gasteiger partial charge in [0.15, 0.2) is 0 Å². The molecular formula is C11H11NO2. The highest BCUT2D eigenvalue weighted by atomic mass is 16.4. The number of benzene rings is 1. The zero-order valence-electron chi connectivity index (χ0n) is 7.87. The first-order valence-electron chi connectivity index (χ1n) is 4.47. The molecule has 0 saturated carbocycles. The van der Waals surface area contributed by atoms with Crippen molar-refractivity contribution < 1.29 is 9.90 Å². The Kier molecular flexibility index (Phi) is 2.00. The van der Waals surface area contributed by atoms with Crippen LogP contribution < -0.4 is 15.8 Å². The molecule has 0 aromatic heterocycles. The van der Waals surface area contributed by atoms with Gasteiger partial charge in [0.05, 0.1) is 5.56 Å². The Morgan fingerprint density at radius 3 is 3.00 bits per heavy atom. The number of carboxylic acid groups (broad SMARTS) is 1. The van der Waals surface area contributed by atoms with Crippen LogP contribution in [0.4, 0.5) is 0 Å². The summed E-state index contributed by atoms with van der Waals surface area (Å²) in [4.78, 5) is 10.7. The second-order valence-corrected chi connectivity index (χ2v) is 3.32. The standard InChI is InChI=1S/C11H11NO2/c1-7-10-3-2-9(11(13)14)6-8(10)4-5-12-7/h2-4,6,12H,5H2,1H3,(H,13,14). The molecule has 1 aliphatic heterocycles. The van der Waals surface area contributed by atoms with Gasteiger partial charge in [-0.3, -0.25) is 0 Å². The van der Waals surface area contributed by atoms with Crippen molar-refractivity contribution in [3.8, 4) is 0 Å². The van der Waals surface area contributed by atoms with Gasteiger partial charge < -0.3 is 10.4 Å². The molecule has 1 aliphatic rings. The fraction of sp³-hybridized carbons (Fsp3) is 0.182. The van der Waals surface area contributed by atoms with E-state index < -0.39 is 5.97 Å². The predicted molar refractivity (Wildman–Crippen MR) is 54.2 cm³/mol. The maximum atomic E-state index is 10.7. The third-order valence-corrected chi connectivity index (χ3v) is 2.39. The van der Waals surface area contributed by atoms with Crippen LogP contribution in [0.2, 0.25) is 0 Å². The fourth-order valence-corrected chi connectivity index (χ4v) is 1.62. The van der Waals surface area contributed by atoms with Crippen LogP contribution in [0.3, 0.4) is 0 Å². The van der Waals surface area contributed by atoms with Gasteiger partial charge in [-0.25, -0.2) is 4.79 Å². The lowest BCUT2D eigenvalue weighted by atomic mass is 10.1. The Morgan fingerprint density at radius 2 is 2.29 bits per heavy atom. The summed E-state index contributed by atoms with van der Waals surface area (Å²) in [5.74, 6) is -0.877. The highest BCUT2D eigenvalue weighted by molar-refractivity contribution is 5.87. The Hall–Kier alpha value is -1.77. The van der Waals surface area contributed by atoms with E-state index in [4.69, 9.17) is 5.11 Å². The molecule has 0 atom stereocenters. The van der Waals surface area contributed by atoms with Crippen molar-refractivity contribution in [3.05, 3.63) is 34.2 Å². The van der Waals surface area contributed by atoms with Crippen LogP contribution in [0, 0.1) is 0 Å². The maximum Gasteiger partial charge on any atom is 0.335 e. The summed E-state index contributed by atoms with van der Waals surface area (Å²) in [5.41, 5.74) is 1.44. The maximum absolute atomic E-state index is 10.7. The molecule has 0 spiro atoms. The first-order valence-corrected chi connectivity index (χ1v) is 4.47. The summed E-state index contributed by atoms with van der Waals surface area (Å²) >= 11 is 0. The fourth-order valence-electron chi connectivity index (χ4n) is 1.62. The van der Waals surface area contributed by atoms with Gasteiger partial charge in [-0.05, 0) is 24.3 Å². The Morgan fingerprint density at radius 1 is 1.50 bits per heavy atom. The van der Waals surface area contributed by atoms with Crippen LogP contribution >= 0.6 is 0 Å². The summed E-state index contributed by atoms with van der Waals surface area (Å²) < 4.78 is 0. The van der Waals surface area contributed by atoms with Gasteiger partial charge in [0.1, 0.15) is 0 Å². The van der Waals surface area contributed by atoms with E-state index in [1.807, 2.05) is 19.1 Å². The summed E-state index contributed by atoms with van der Waals surface area (Å²) in [5, 5.41) is 14.1. The second kappa shape index (κ2) is 3.18. The lowest BCUT2D eigenvalue weighted by Gasteiger charge is -2.09. The van der Waals surface area contributed by atoms with Crippen molar-refractivity contribution in [2.75, 3.05) is 6.54 Å². The number of carbonyl (C=O) groups is 1. The first-order chi connectivity index (χ1) is 6.68. The normalized spacial score (nSPS) is 13.9. The zero-order valence-corrected chi connectivity index (χ0v) is 7.87. The van der Waals surface area contributed by atoms with Gasteiger partial charge in [-0.15, -0.1) is 0 Å². The van der Waals surface area contributed by atoms with Crippen LogP contribution in [-0.4, -0.2) is 17.6 Å². The molecule has 14 heavy (non-hydrogen) atoms. The Bertz CT molecular complexity index is 503. The van der Waals surface area contributed by atoms with Crippen LogP contribution in [0.25, 0.3) is 11.8 Å². The number of rotatable bonds is 1. The van der Waals surface area contributed by atoms with E-state index in [1.54, 1.807) is 12.1 Å². The number of hydrogen-bond donors (Lipinski definition) is 2. The van der Waals surface area contributed by atoms with Crippen molar-refractivity contribution >= 4 is 17.7 Å². The largest absolute Gasteiger partial charge is 0.478 e. The van der Waals surface area contributed by atoms with Crippen molar-refractivity contribution in [1.82, 2.24) is 5.32 Å². The van der Waals surface area contributed by atoms with Crippen LogP contribution in [-0.2, 0) is 0 Å². The van der Waals surface area contributed by atoms with Gasteiger partial charge in [0.2, 0.25) is 0 Å². The molecule has 0 radical (unpaired) electrons. The molecule has 3 nitrogen and oxygen atoms in total. The molecule has 0 saturated heterocycles. The molecule has 0 amide bonds. The van der Waals surface area contributed by atoms with Gasteiger partial charge in [-0.2, -0.15) is 0 Å². The minimum Gasteiger partial charge on any atom is -0.478 e. The van der Waals surface area contributed by atoms with Crippen LogP contribution in [0.5, 0.6) is 0 Å². The number of aromatic carboxylic acids is 1. The number of hydrogen-bond acceptors (Lipinski definition) is 2. The molecule has 72 valence electrons. The van der Waals surface area contributed by atoms with Gasteiger partial charge in [-0.1, -0.05) is 12.1 Å². The zero-order chi connectivity index (χ0) is 10.1. The quantitative estimate of drug-likeness (QED) is 0.648. The highest BCUT2D eigenvalue weighted by Crippen LogP contribution is 1.94. The number of fused-ring (bicyclic) bond motifs is 1. The predicted octanol–water partition coefficient (Wildman–Crippen LogP) is -0.103. The van der Waals surface area contributed by atoms with Gasteiger partial charge in [0, 0.05) is 17.5 Å². The minimum absolute atomic E-state index is 0.342. The van der Waals surface area contributed by atoms with E-state index >= 15 is 0 Å². The molecular weight excluding hydrogens is 178 g/mol. The van der Waals surface area contributed by atoms with Crippen molar-refractivity contribution in [3.63, 3.8) is 0 Å².